The van der Waals surface area contributed by atoms with Gasteiger partial charge in [-0.2, -0.15) is 0 Å². The van der Waals surface area contributed by atoms with E-state index in [0.717, 1.165) is 19.4 Å². The van der Waals surface area contributed by atoms with Crippen molar-refractivity contribution in [2.75, 3.05) is 13.1 Å². The van der Waals surface area contributed by atoms with Crippen LogP contribution in [-0.2, 0) is 4.79 Å². The lowest BCUT2D eigenvalue weighted by Crippen LogP contribution is -2.50. The Morgan fingerprint density at radius 1 is 1.37 bits per heavy atom. The van der Waals surface area contributed by atoms with E-state index >= 15 is 0 Å². The van der Waals surface area contributed by atoms with E-state index in [9.17, 15) is 9.59 Å². The minimum atomic E-state index is -0.851. The standard InChI is InChI=1S/C14H26N2O3/c1-9(2)12(13(17)18)8-15-14(19)16-6-5-10(3)7-11(16)4/h9-12H,5-8H2,1-4H3,(H,15,19)(H,17,18). The summed E-state index contributed by atoms with van der Waals surface area (Å²) in [6.07, 6.45) is 2.03. The third kappa shape index (κ3) is 4.40. The molecular formula is C14H26N2O3. The van der Waals surface area contributed by atoms with Gasteiger partial charge in [-0.1, -0.05) is 20.8 Å². The zero-order valence-electron chi connectivity index (χ0n) is 12.3. The molecule has 0 saturated carbocycles. The average Bonchev–Trinajstić information content (AvgIpc) is 2.27. The average molecular weight is 270 g/mol. The van der Waals surface area contributed by atoms with Gasteiger partial charge in [0, 0.05) is 19.1 Å². The summed E-state index contributed by atoms with van der Waals surface area (Å²) in [6, 6.07) is 0.0948. The predicted octanol–water partition coefficient (Wildman–Crippen LogP) is 2.17. The Hall–Kier alpha value is -1.26. The molecular weight excluding hydrogens is 244 g/mol. The number of hydrogen-bond donors (Lipinski definition) is 2. The van der Waals surface area contributed by atoms with E-state index in [1.54, 1.807) is 0 Å². The molecule has 3 unspecified atom stereocenters. The van der Waals surface area contributed by atoms with Crippen molar-refractivity contribution >= 4 is 12.0 Å². The second-order valence-corrected chi connectivity index (χ2v) is 6.05. The molecule has 3 atom stereocenters. The fourth-order valence-electron chi connectivity index (χ4n) is 2.62. The zero-order valence-corrected chi connectivity index (χ0v) is 12.3. The number of nitrogens with zero attached hydrogens (tertiary/aromatic N) is 1. The topological polar surface area (TPSA) is 69.6 Å². The summed E-state index contributed by atoms with van der Waals surface area (Å²) in [6.45, 7) is 8.92. The highest BCUT2D eigenvalue weighted by Gasteiger charge is 2.28. The van der Waals surface area contributed by atoms with Crippen molar-refractivity contribution in [3.8, 4) is 0 Å². The van der Waals surface area contributed by atoms with Gasteiger partial charge in [0.25, 0.3) is 0 Å². The van der Waals surface area contributed by atoms with Crippen molar-refractivity contribution < 1.29 is 14.7 Å². The molecule has 5 nitrogen and oxygen atoms in total. The molecule has 5 heteroatoms. The molecule has 1 fully saturated rings. The Balaban J connectivity index is 2.48. The van der Waals surface area contributed by atoms with Crippen molar-refractivity contribution in [2.24, 2.45) is 17.8 Å². The number of urea groups is 1. The Labute approximate surface area is 115 Å². The SMILES string of the molecule is CC1CCN(C(=O)NCC(C(=O)O)C(C)C)C(C)C1. The van der Waals surface area contributed by atoms with Gasteiger partial charge in [-0.25, -0.2) is 4.79 Å². The predicted molar refractivity (Wildman–Crippen MR) is 73.9 cm³/mol. The van der Waals surface area contributed by atoms with Gasteiger partial charge in [0.15, 0.2) is 0 Å². The molecule has 2 N–H and O–H groups in total. The first-order valence-corrected chi connectivity index (χ1v) is 7.10. The minimum Gasteiger partial charge on any atom is -0.481 e. The van der Waals surface area contributed by atoms with E-state index in [0.29, 0.717) is 5.92 Å². The first-order chi connectivity index (χ1) is 8.82. The summed E-state index contributed by atoms with van der Waals surface area (Å²) < 4.78 is 0. The molecule has 0 aromatic carbocycles. The number of hydrogen-bond acceptors (Lipinski definition) is 2. The molecule has 0 bridgehead atoms. The van der Waals surface area contributed by atoms with Gasteiger partial charge in [0.2, 0.25) is 0 Å². The van der Waals surface area contributed by atoms with Crippen molar-refractivity contribution in [1.82, 2.24) is 10.2 Å². The molecule has 0 aromatic heterocycles. The first kappa shape index (κ1) is 15.8. The highest BCUT2D eigenvalue weighted by atomic mass is 16.4. The maximum atomic E-state index is 12.1. The molecule has 1 heterocycles. The summed E-state index contributed by atoms with van der Waals surface area (Å²) in [7, 11) is 0. The highest BCUT2D eigenvalue weighted by Crippen LogP contribution is 2.22. The quantitative estimate of drug-likeness (QED) is 0.822. The van der Waals surface area contributed by atoms with E-state index in [-0.39, 0.29) is 24.5 Å². The number of likely N-dealkylation sites (tertiary alicyclic amines) is 1. The summed E-state index contributed by atoms with van der Waals surface area (Å²) in [5.74, 6) is -0.711. The van der Waals surface area contributed by atoms with E-state index in [4.69, 9.17) is 5.11 Å². The third-order valence-corrected chi connectivity index (χ3v) is 3.99. The number of nitrogens with one attached hydrogen (secondary N) is 1. The molecule has 1 saturated heterocycles. The lowest BCUT2D eigenvalue weighted by Gasteiger charge is -2.36. The zero-order chi connectivity index (χ0) is 14.6. The van der Waals surface area contributed by atoms with Crippen LogP contribution in [-0.4, -0.2) is 41.1 Å². The smallest absolute Gasteiger partial charge is 0.317 e. The number of aliphatic carboxylic acids is 1. The number of amides is 2. The van der Waals surface area contributed by atoms with E-state index in [2.05, 4.69) is 12.2 Å². The largest absolute Gasteiger partial charge is 0.481 e. The molecule has 1 aliphatic heterocycles. The van der Waals surface area contributed by atoms with Crippen LogP contribution in [0.3, 0.4) is 0 Å². The van der Waals surface area contributed by atoms with Crippen molar-refractivity contribution in [3.63, 3.8) is 0 Å². The summed E-state index contributed by atoms with van der Waals surface area (Å²) >= 11 is 0. The lowest BCUT2D eigenvalue weighted by atomic mass is 9.93. The molecule has 0 aromatic rings. The fraction of sp³-hybridized carbons (Fsp3) is 0.857. The fourth-order valence-corrected chi connectivity index (χ4v) is 2.62. The van der Waals surface area contributed by atoms with Gasteiger partial charge < -0.3 is 15.3 Å². The second kappa shape index (κ2) is 6.78. The summed E-state index contributed by atoms with van der Waals surface area (Å²) in [5.41, 5.74) is 0. The first-order valence-electron chi connectivity index (χ1n) is 7.10. The Kier molecular flexibility index (Phi) is 5.63. The number of carbonyl (C=O) groups excluding carboxylic acids is 1. The molecule has 2 amide bonds. The molecule has 0 spiro atoms. The van der Waals surface area contributed by atoms with Crippen LogP contribution in [0, 0.1) is 17.8 Å². The number of rotatable bonds is 4. The van der Waals surface area contributed by atoms with Crippen LogP contribution in [0.1, 0.15) is 40.5 Å². The van der Waals surface area contributed by atoms with Crippen LogP contribution in [0.2, 0.25) is 0 Å². The van der Waals surface area contributed by atoms with Gasteiger partial charge >= 0.3 is 12.0 Å². The van der Waals surface area contributed by atoms with Crippen LogP contribution in [0.15, 0.2) is 0 Å². The Bertz CT molecular complexity index is 331. The highest BCUT2D eigenvalue weighted by molar-refractivity contribution is 5.76. The Morgan fingerprint density at radius 3 is 2.47 bits per heavy atom. The molecule has 0 aliphatic carbocycles. The Morgan fingerprint density at radius 2 is 2.00 bits per heavy atom. The number of carboxylic acids is 1. The van der Waals surface area contributed by atoms with Crippen LogP contribution in [0.5, 0.6) is 0 Å². The molecule has 19 heavy (non-hydrogen) atoms. The minimum absolute atomic E-state index is 0.0107. The molecule has 0 radical (unpaired) electrons. The molecule has 1 aliphatic rings. The maximum Gasteiger partial charge on any atom is 0.317 e. The van der Waals surface area contributed by atoms with Crippen LogP contribution < -0.4 is 5.32 Å². The van der Waals surface area contributed by atoms with Gasteiger partial charge in [0.05, 0.1) is 5.92 Å². The lowest BCUT2D eigenvalue weighted by molar-refractivity contribution is -0.142. The third-order valence-electron chi connectivity index (χ3n) is 3.99. The van der Waals surface area contributed by atoms with E-state index in [1.807, 2.05) is 25.7 Å². The van der Waals surface area contributed by atoms with Crippen molar-refractivity contribution in [3.05, 3.63) is 0 Å². The van der Waals surface area contributed by atoms with Gasteiger partial charge in [0.1, 0.15) is 0 Å². The van der Waals surface area contributed by atoms with E-state index < -0.39 is 11.9 Å². The number of piperidine rings is 1. The normalized spacial score (nSPS) is 25.2. The van der Waals surface area contributed by atoms with Gasteiger partial charge in [-0.3, -0.25) is 4.79 Å². The van der Waals surface area contributed by atoms with Crippen LogP contribution >= 0.6 is 0 Å². The second-order valence-electron chi connectivity index (χ2n) is 6.05. The van der Waals surface area contributed by atoms with Gasteiger partial charge in [-0.05, 0) is 31.6 Å². The summed E-state index contributed by atoms with van der Waals surface area (Å²) in [5, 5.41) is 11.9. The van der Waals surface area contributed by atoms with Crippen molar-refractivity contribution in [2.45, 2.75) is 46.6 Å². The van der Waals surface area contributed by atoms with E-state index in [1.165, 1.54) is 0 Å². The van der Waals surface area contributed by atoms with Gasteiger partial charge in [-0.15, -0.1) is 0 Å². The van der Waals surface area contributed by atoms with Crippen LogP contribution in [0.25, 0.3) is 0 Å². The monoisotopic (exact) mass is 270 g/mol. The van der Waals surface area contributed by atoms with Crippen molar-refractivity contribution in [1.29, 1.82) is 0 Å². The summed E-state index contributed by atoms with van der Waals surface area (Å²) in [4.78, 5) is 25.0. The number of carbonyl (C=O) groups is 2. The molecule has 1 rings (SSSR count). The maximum absolute atomic E-state index is 12.1. The molecule has 110 valence electrons. The van der Waals surface area contributed by atoms with Crippen LogP contribution in [0.4, 0.5) is 4.79 Å². The number of carboxylic acid groups (broad SMARTS) is 1.